The molecule has 0 aromatic heterocycles. The van der Waals surface area contributed by atoms with E-state index in [9.17, 15) is 13.5 Å². The summed E-state index contributed by atoms with van der Waals surface area (Å²) in [5.74, 6) is 1.23. The molecule has 1 aliphatic heterocycles. The average molecular weight is 368 g/mol. The van der Waals surface area contributed by atoms with Crippen LogP contribution in [0.15, 0.2) is 29.3 Å². The second kappa shape index (κ2) is 8.08. The van der Waals surface area contributed by atoms with E-state index >= 15 is 0 Å². The lowest BCUT2D eigenvalue weighted by atomic mass is 10.1. The molecule has 1 aromatic carbocycles. The standard InChI is InChI=1S/C18H29N3O3S/c1-4-19-17(21-12-13-25(23,24)18(2,3)14-21)20-11-5-6-15-7-9-16(22)10-8-15/h7-10,22H,4-6,11-14H2,1-3H3,(H,19,20). The lowest BCUT2D eigenvalue weighted by Gasteiger charge is -2.39. The fourth-order valence-electron chi connectivity index (χ4n) is 2.88. The molecule has 1 fully saturated rings. The van der Waals surface area contributed by atoms with E-state index in [2.05, 4.69) is 10.3 Å². The van der Waals surface area contributed by atoms with E-state index in [-0.39, 0.29) is 11.5 Å². The number of hydrogen-bond donors (Lipinski definition) is 2. The number of aryl methyl sites for hydroxylation is 1. The number of nitrogens with zero attached hydrogens (tertiary/aromatic N) is 2. The molecule has 0 radical (unpaired) electrons. The number of nitrogens with one attached hydrogen (secondary N) is 1. The predicted octanol–water partition coefficient (Wildman–Crippen LogP) is 1.80. The van der Waals surface area contributed by atoms with E-state index in [4.69, 9.17) is 0 Å². The fraction of sp³-hybridized carbons (Fsp3) is 0.611. The van der Waals surface area contributed by atoms with Crippen molar-refractivity contribution in [2.24, 2.45) is 4.99 Å². The third-order valence-corrected chi connectivity index (χ3v) is 7.03. The van der Waals surface area contributed by atoms with E-state index in [0.29, 0.717) is 19.6 Å². The Morgan fingerprint density at radius 3 is 2.60 bits per heavy atom. The van der Waals surface area contributed by atoms with Gasteiger partial charge in [-0.2, -0.15) is 0 Å². The van der Waals surface area contributed by atoms with Crippen LogP contribution in [0.5, 0.6) is 5.75 Å². The smallest absolute Gasteiger partial charge is 0.193 e. The van der Waals surface area contributed by atoms with Crippen molar-refractivity contribution in [1.29, 1.82) is 0 Å². The van der Waals surface area contributed by atoms with Crippen LogP contribution in [-0.4, -0.2) is 61.1 Å². The summed E-state index contributed by atoms with van der Waals surface area (Å²) in [6, 6.07) is 7.22. The van der Waals surface area contributed by atoms with Crippen LogP contribution in [0.3, 0.4) is 0 Å². The molecular weight excluding hydrogens is 338 g/mol. The maximum atomic E-state index is 12.2. The van der Waals surface area contributed by atoms with Gasteiger partial charge in [-0.25, -0.2) is 8.42 Å². The molecule has 0 unspecified atom stereocenters. The number of guanidine groups is 1. The summed E-state index contributed by atoms with van der Waals surface area (Å²) >= 11 is 0. The summed E-state index contributed by atoms with van der Waals surface area (Å²) in [5, 5.41) is 12.6. The summed E-state index contributed by atoms with van der Waals surface area (Å²) in [6.07, 6.45) is 1.79. The van der Waals surface area contributed by atoms with Crippen LogP contribution >= 0.6 is 0 Å². The topological polar surface area (TPSA) is 82.0 Å². The van der Waals surface area contributed by atoms with Gasteiger partial charge in [0, 0.05) is 26.2 Å². The van der Waals surface area contributed by atoms with Crippen molar-refractivity contribution in [1.82, 2.24) is 10.2 Å². The average Bonchev–Trinajstić information content (AvgIpc) is 2.55. The quantitative estimate of drug-likeness (QED) is 0.471. The van der Waals surface area contributed by atoms with Gasteiger partial charge in [0.15, 0.2) is 15.8 Å². The highest BCUT2D eigenvalue weighted by Gasteiger charge is 2.40. The first kappa shape index (κ1) is 19.6. The Morgan fingerprint density at radius 2 is 2.00 bits per heavy atom. The normalized spacial score (nSPS) is 19.6. The van der Waals surface area contributed by atoms with Crippen LogP contribution < -0.4 is 5.32 Å². The molecule has 0 bridgehead atoms. The van der Waals surface area contributed by atoms with Crippen LogP contribution in [0.25, 0.3) is 0 Å². The number of sulfone groups is 1. The molecule has 140 valence electrons. The Balaban J connectivity index is 1.95. The molecule has 1 saturated heterocycles. The molecule has 1 aliphatic rings. The van der Waals surface area contributed by atoms with Crippen LogP contribution in [-0.2, 0) is 16.3 Å². The van der Waals surface area contributed by atoms with Crippen molar-refractivity contribution >= 4 is 15.8 Å². The van der Waals surface area contributed by atoms with Gasteiger partial charge < -0.3 is 15.3 Å². The molecular formula is C18H29N3O3S. The van der Waals surface area contributed by atoms with Gasteiger partial charge >= 0.3 is 0 Å². The Kier molecular flexibility index (Phi) is 6.32. The minimum atomic E-state index is -3.05. The zero-order chi connectivity index (χ0) is 18.5. The Morgan fingerprint density at radius 1 is 1.32 bits per heavy atom. The van der Waals surface area contributed by atoms with Crippen molar-refractivity contribution in [3.05, 3.63) is 29.8 Å². The molecule has 0 aliphatic carbocycles. The molecule has 0 spiro atoms. The number of aromatic hydroxyl groups is 1. The molecule has 0 saturated carbocycles. The van der Waals surface area contributed by atoms with Crippen LogP contribution in [0, 0.1) is 0 Å². The van der Waals surface area contributed by atoms with Gasteiger partial charge in [-0.05, 0) is 51.3 Å². The third kappa shape index (κ3) is 5.11. The van der Waals surface area contributed by atoms with Crippen molar-refractivity contribution in [2.75, 3.05) is 31.9 Å². The van der Waals surface area contributed by atoms with Gasteiger partial charge in [0.1, 0.15) is 5.75 Å². The zero-order valence-corrected chi connectivity index (χ0v) is 16.1. The number of phenols is 1. The Labute approximate surface area is 150 Å². The first-order valence-corrected chi connectivity index (χ1v) is 10.4. The van der Waals surface area contributed by atoms with Gasteiger partial charge in [-0.1, -0.05) is 12.1 Å². The Bertz CT molecular complexity index is 697. The molecule has 0 atom stereocenters. The minimum Gasteiger partial charge on any atom is -0.508 e. The molecule has 7 heteroatoms. The molecule has 2 N–H and O–H groups in total. The second-order valence-corrected chi connectivity index (χ2v) is 9.75. The fourth-order valence-corrected chi connectivity index (χ4v) is 4.25. The van der Waals surface area contributed by atoms with Crippen molar-refractivity contribution < 1.29 is 13.5 Å². The highest BCUT2D eigenvalue weighted by atomic mass is 32.2. The number of phenolic OH excluding ortho intramolecular Hbond substituents is 1. The second-order valence-electron chi connectivity index (χ2n) is 7.01. The number of benzene rings is 1. The molecule has 1 heterocycles. The van der Waals surface area contributed by atoms with Crippen molar-refractivity contribution in [3.8, 4) is 5.75 Å². The van der Waals surface area contributed by atoms with Crippen molar-refractivity contribution in [3.63, 3.8) is 0 Å². The lowest BCUT2D eigenvalue weighted by Crippen LogP contribution is -2.57. The molecule has 25 heavy (non-hydrogen) atoms. The van der Waals surface area contributed by atoms with Crippen LogP contribution in [0.2, 0.25) is 0 Å². The van der Waals surface area contributed by atoms with Gasteiger partial charge in [-0.15, -0.1) is 0 Å². The van der Waals surface area contributed by atoms with E-state index in [1.165, 1.54) is 5.56 Å². The summed E-state index contributed by atoms with van der Waals surface area (Å²) < 4.78 is 23.6. The molecule has 0 amide bonds. The highest BCUT2D eigenvalue weighted by Crippen LogP contribution is 2.23. The first-order valence-electron chi connectivity index (χ1n) is 8.78. The van der Waals surface area contributed by atoms with Gasteiger partial charge in [0.2, 0.25) is 0 Å². The monoisotopic (exact) mass is 367 g/mol. The summed E-state index contributed by atoms with van der Waals surface area (Å²) in [6.45, 7) is 7.94. The largest absolute Gasteiger partial charge is 0.508 e. The van der Waals surface area contributed by atoms with Crippen molar-refractivity contribution in [2.45, 2.75) is 38.4 Å². The van der Waals surface area contributed by atoms with E-state index < -0.39 is 14.6 Å². The third-order valence-electron chi connectivity index (χ3n) is 4.50. The summed E-state index contributed by atoms with van der Waals surface area (Å²) in [5.41, 5.74) is 1.17. The van der Waals surface area contributed by atoms with E-state index in [0.717, 1.165) is 25.3 Å². The number of aliphatic imine (C=N–C) groups is 1. The zero-order valence-electron chi connectivity index (χ0n) is 15.3. The number of rotatable bonds is 5. The first-order chi connectivity index (χ1) is 11.7. The van der Waals surface area contributed by atoms with Gasteiger partial charge in [0.25, 0.3) is 0 Å². The SMILES string of the molecule is CCNC(=NCCCc1ccc(O)cc1)N1CCS(=O)(=O)C(C)(C)C1. The predicted molar refractivity (Wildman–Crippen MR) is 102 cm³/mol. The van der Waals surface area contributed by atoms with Crippen LogP contribution in [0.4, 0.5) is 0 Å². The van der Waals surface area contributed by atoms with Crippen LogP contribution in [0.1, 0.15) is 32.8 Å². The maximum absolute atomic E-state index is 12.2. The van der Waals surface area contributed by atoms with E-state index in [1.54, 1.807) is 26.0 Å². The van der Waals surface area contributed by atoms with E-state index in [1.807, 2.05) is 24.0 Å². The lowest BCUT2D eigenvalue weighted by molar-refractivity contribution is 0.353. The summed E-state index contributed by atoms with van der Waals surface area (Å²) in [4.78, 5) is 6.72. The van der Waals surface area contributed by atoms with Gasteiger partial charge in [-0.3, -0.25) is 4.99 Å². The Hall–Kier alpha value is -1.76. The molecule has 1 aromatic rings. The summed E-state index contributed by atoms with van der Waals surface area (Å²) in [7, 11) is -3.05. The molecule has 6 nitrogen and oxygen atoms in total. The van der Waals surface area contributed by atoms with Gasteiger partial charge in [0.05, 0.1) is 10.5 Å². The maximum Gasteiger partial charge on any atom is 0.193 e. The molecule has 2 rings (SSSR count). The minimum absolute atomic E-state index is 0.165. The number of hydrogen-bond acceptors (Lipinski definition) is 4. The highest BCUT2D eigenvalue weighted by molar-refractivity contribution is 7.92.